The van der Waals surface area contributed by atoms with E-state index in [0.29, 0.717) is 24.3 Å². The fraction of sp³-hybridized carbons (Fsp3) is 0.316. The lowest BCUT2D eigenvalue weighted by molar-refractivity contribution is 0.0538. The van der Waals surface area contributed by atoms with Gasteiger partial charge in [-0.3, -0.25) is 0 Å². The van der Waals surface area contributed by atoms with Crippen LogP contribution in [0.15, 0.2) is 24.3 Å². The van der Waals surface area contributed by atoms with Crippen LogP contribution in [-0.4, -0.2) is 19.4 Å². The normalized spacial score (nSPS) is 10.8. The summed E-state index contributed by atoms with van der Waals surface area (Å²) < 4.78 is 88.7. The van der Waals surface area contributed by atoms with Gasteiger partial charge in [0.05, 0.1) is 13.2 Å². The molecule has 0 aromatic heterocycles. The summed E-state index contributed by atoms with van der Waals surface area (Å²) in [5, 5.41) is 0. The molecule has 0 amide bonds. The maximum Gasteiger partial charge on any atom is 0.508 e. The minimum atomic E-state index is -1.06. The van der Waals surface area contributed by atoms with Crippen molar-refractivity contribution < 1.29 is 40.6 Å². The fourth-order valence-corrected chi connectivity index (χ4v) is 2.47. The molecule has 0 aliphatic heterocycles. The van der Waals surface area contributed by atoms with E-state index < -0.39 is 41.1 Å². The Kier molecular flexibility index (Phi) is 7.71. The summed E-state index contributed by atoms with van der Waals surface area (Å²) in [5.74, 6) is -6.17. The molecule has 0 unspecified atom stereocenters. The highest BCUT2D eigenvalue weighted by molar-refractivity contribution is 5.59. The number of halogens is 6. The van der Waals surface area contributed by atoms with Gasteiger partial charge in [0.2, 0.25) is 0 Å². The molecule has 152 valence electrons. The summed E-state index contributed by atoms with van der Waals surface area (Å²) >= 11 is 0. The summed E-state index contributed by atoms with van der Waals surface area (Å²) in [6.07, 6.45) is -1.15. The summed E-state index contributed by atoms with van der Waals surface area (Å²) in [6.45, 7) is -0.396. The summed E-state index contributed by atoms with van der Waals surface area (Å²) in [4.78, 5) is 11.4. The standard InChI is InChI=1S/C19H16F6O3/c20-11-7-15(22)13(16(23)8-11)3-1-5-27-19(26)28-6-2-4-14-17(24)9-12(21)10-18(14)25/h7-10H,1-6H2. The van der Waals surface area contributed by atoms with E-state index in [-0.39, 0.29) is 50.0 Å². The molecule has 0 spiro atoms. The molecular formula is C19H16F6O3. The fourth-order valence-electron chi connectivity index (χ4n) is 2.47. The molecule has 0 aliphatic carbocycles. The average Bonchev–Trinajstić information content (AvgIpc) is 2.58. The van der Waals surface area contributed by atoms with Gasteiger partial charge in [0.1, 0.15) is 34.9 Å². The number of hydrogen-bond acceptors (Lipinski definition) is 3. The van der Waals surface area contributed by atoms with Gasteiger partial charge >= 0.3 is 6.16 Å². The summed E-state index contributed by atoms with van der Waals surface area (Å²) in [6, 6.07) is 2.22. The minimum Gasteiger partial charge on any atom is -0.434 e. The Bertz CT molecular complexity index is 727. The third-order valence-corrected chi connectivity index (χ3v) is 3.79. The van der Waals surface area contributed by atoms with Crippen LogP contribution in [-0.2, 0) is 22.3 Å². The van der Waals surface area contributed by atoms with Gasteiger partial charge in [-0.25, -0.2) is 31.1 Å². The second-order valence-corrected chi connectivity index (χ2v) is 5.85. The van der Waals surface area contributed by atoms with Crippen molar-refractivity contribution in [3.63, 3.8) is 0 Å². The van der Waals surface area contributed by atoms with E-state index in [2.05, 4.69) is 0 Å². The molecule has 0 aliphatic rings. The lowest BCUT2D eigenvalue weighted by atomic mass is 10.1. The first-order valence-corrected chi connectivity index (χ1v) is 8.34. The molecule has 2 aromatic rings. The number of ether oxygens (including phenoxy) is 2. The first-order chi connectivity index (χ1) is 13.3. The first-order valence-electron chi connectivity index (χ1n) is 8.34. The van der Waals surface area contributed by atoms with Gasteiger partial charge in [-0.15, -0.1) is 0 Å². The number of benzene rings is 2. The van der Waals surface area contributed by atoms with Crippen molar-refractivity contribution in [3.8, 4) is 0 Å². The van der Waals surface area contributed by atoms with Crippen molar-refractivity contribution in [1.29, 1.82) is 0 Å². The van der Waals surface area contributed by atoms with Crippen molar-refractivity contribution >= 4 is 6.16 Å². The van der Waals surface area contributed by atoms with Crippen LogP contribution in [0.1, 0.15) is 24.0 Å². The van der Waals surface area contributed by atoms with Crippen LogP contribution in [0.4, 0.5) is 31.1 Å². The molecule has 2 rings (SSSR count). The molecule has 28 heavy (non-hydrogen) atoms. The highest BCUT2D eigenvalue weighted by Gasteiger charge is 2.13. The van der Waals surface area contributed by atoms with E-state index in [9.17, 15) is 31.1 Å². The van der Waals surface area contributed by atoms with Gasteiger partial charge in [-0.2, -0.15) is 0 Å². The SMILES string of the molecule is O=C(OCCCc1c(F)cc(F)cc1F)OCCCc1c(F)cc(F)cc1F. The van der Waals surface area contributed by atoms with E-state index >= 15 is 0 Å². The van der Waals surface area contributed by atoms with E-state index in [1.165, 1.54) is 0 Å². The highest BCUT2D eigenvalue weighted by Crippen LogP contribution is 2.17. The predicted octanol–water partition coefficient (Wildman–Crippen LogP) is 5.24. The van der Waals surface area contributed by atoms with Gasteiger partial charge in [-0.05, 0) is 25.7 Å². The Morgan fingerprint density at radius 2 is 0.964 bits per heavy atom. The molecule has 3 nitrogen and oxygen atoms in total. The second-order valence-electron chi connectivity index (χ2n) is 5.85. The molecule has 0 bridgehead atoms. The third-order valence-electron chi connectivity index (χ3n) is 3.79. The van der Waals surface area contributed by atoms with Gasteiger partial charge in [0.15, 0.2) is 0 Å². The van der Waals surface area contributed by atoms with Gasteiger partial charge in [-0.1, -0.05) is 0 Å². The molecular weight excluding hydrogens is 390 g/mol. The molecule has 0 radical (unpaired) electrons. The Balaban J connectivity index is 1.66. The molecule has 9 heteroatoms. The number of carbonyl (C=O) groups excluding carboxylic acids is 1. The Labute approximate surface area is 156 Å². The van der Waals surface area contributed by atoms with Crippen LogP contribution in [0.25, 0.3) is 0 Å². The van der Waals surface area contributed by atoms with Gasteiger partial charge < -0.3 is 9.47 Å². The Morgan fingerprint density at radius 1 is 0.643 bits per heavy atom. The Hall–Kier alpha value is -2.71. The van der Waals surface area contributed by atoms with Crippen molar-refractivity contribution in [2.45, 2.75) is 25.7 Å². The number of carbonyl (C=O) groups is 1. The van der Waals surface area contributed by atoms with Crippen molar-refractivity contribution in [1.82, 2.24) is 0 Å². The number of rotatable bonds is 8. The van der Waals surface area contributed by atoms with E-state index in [4.69, 9.17) is 9.47 Å². The predicted molar refractivity (Wildman–Crippen MR) is 86.6 cm³/mol. The van der Waals surface area contributed by atoms with Crippen LogP contribution >= 0.6 is 0 Å². The van der Waals surface area contributed by atoms with E-state index in [1.54, 1.807) is 0 Å². The first kappa shape index (κ1) is 21.6. The molecule has 0 atom stereocenters. The second kappa shape index (κ2) is 10.0. The van der Waals surface area contributed by atoms with Crippen LogP contribution in [0.2, 0.25) is 0 Å². The smallest absolute Gasteiger partial charge is 0.434 e. The topological polar surface area (TPSA) is 35.5 Å². The van der Waals surface area contributed by atoms with Crippen LogP contribution in [0.3, 0.4) is 0 Å². The van der Waals surface area contributed by atoms with Crippen molar-refractivity contribution in [3.05, 3.63) is 70.3 Å². The van der Waals surface area contributed by atoms with E-state index in [0.717, 1.165) is 0 Å². The maximum atomic E-state index is 13.4. The van der Waals surface area contributed by atoms with E-state index in [1.807, 2.05) is 0 Å². The largest absolute Gasteiger partial charge is 0.508 e. The monoisotopic (exact) mass is 406 g/mol. The van der Waals surface area contributed by atoms with Crippen molar-refractivity contribution in [2.75, 3.05) is 13.2 Å². The summed E-state index contributed by atoms with van der Waals surface area (Å²) in [7, 11) is 0. The van der Waals surface area contributed by atoms with Gasteiger partial charge in [0, 0.05) is 35.4 Å². The van der Waals surface area contributed by atoms with Crippen LogP contribution in [0, 0.1) is 34.9 Å². The minimum absolute atomic E-state index is 0.0700. The molecule has 0 fully saturated rings. The zero-order chi connectivity index (χ0) is 20.7. The molecule has 0 heterocycles. The zero-order valence-corrected chi connectivity index (χ0v) is 14.5. The lowest BCUT2D eigenvalue weighted by Gasteiger charge is -2.08. The zero-order valence-electron chi connectivity index (χ0n) is 14.5. The van der Waals surface area contributed by atoms with Gasteiger partial charge in [0.25, 0.3) is 0 Å². The van der Waals surface area contributed by atoms with Crippen molar-refractivity contribution in [2.24, 2.45) is 0 Å². The number of hydrogen-bond donors (Lipinski definition) is 0. The maximum absolute atomic E-state index is 13.4. The summed E-state index contributed by atoms with van der Waals surface area (Å²) in [5.41, 5.74) is -0.636. The average molecular weight is 406 g/mol. The molecule has 0 saturated carbocycles. The van der Waals surface area contributed by atoms with Crippen LogP contribution in [0.5, 0.6) is 0 Å². The lowest BCUT2D eigenvalue weighted by Crippen LogP contribution is -2.11. The molecule has 0 N–H and O–H groups in total. The molecule has 0 saturated heterocycles. The quantitative estimate of drug-likeness (QED) is 0.342. The van der Waals surface area contributed by atoms with Crippen LogP contribution < -0.4 is 0 Å². The third kappa shape index (κ3) is 6.17. The Morgan fingerprint density at radius 3 is 1.29 bits per heavy atom. The molecule has 2 aromatic carbocycles. The highest BCUT2D eigenvalue weighted by atomic mass is 19.2.